The topological polar surface area (TPSA) is 3.24 Å². The summed E-state index contributed by atoms with van der Waals surface area (Å²) in [6.07, 6.45) is 12.6. The largest absolute Gasteiger partial charge is 0.358 e. The van der Waals surface area contributed by atoms with E-state index in [-0.39, 0.29) is 0 Å². The van der Waals surface area contributed by atoms with Crippen molar-refractivity contribution in [2.24, 2.45) is 0 Å². The monoisotopic (exact) mass is 167 g/mol. The number of hydrogen-bond donors (Lipinski definition) is 0. The quantitative estimate of drug-likeness (QED) is 0.524. The molecule has 0 unspecified atom stereocenters. The summed E-state index contributed by atoms with van der Waals surface area (Å²) in [6.45, 7) is 5.90. The van der Waals surface area contributed by atoms with Crippen LogP contribution in [0.2, 0.25) is 0 Å². The molecule has 0 N–H and O–H groups in total. The molecule has 0 aromatic carbocycles. The van der Waals surface area contributed by atoms with Crippen LogP contribution in [0.25, 0.3) is 0 Å². The highest BCUT2D eigenvalue weighted by molar-refractivity contribution is 4.85. The van der Waals surface area contributed by atoms with Crippen molar-refractivity contribution in [3.8, 4) is 0 Å². The van der Waals surface area contributed by atoms with Gasteiger partial charge in [0.25, 0.3) is 0 Å². The van der Waals surface area contributed by atoms with Gasteiger partial charge in [0.1, 0.15) is 0 Å². The summed E-state index contributed by atoms with van der Waals surface area (Å²) in [5, 5.41) is 0. The first-order chi connectivity index (χ1) is 5.81. The van der Waals surface area contributed by atoms with Crippen molar-refractivity contribution in [1.29, 1.82) is 0 Å². The van der Waals surface area contributed by atoms with Crippen LogP contribution in [0.5, 0.6) is 0 Å². The third-order valence-corrected chi connectivity index (χ3v) is 1.85. The Morgan fingerprint density at radius 3 is 2.58 bits per heavy atom. The number of nitrogens with zero attached hydrogens (tertiary/aromatic N) is 1. The summed E-state index contributed by atoms with van der Waals surface area (Å²) >= 11 is 0. The molecule has 0 aliphatic heterocycles. The number of unbranched alkanes of at least 4 members (excludes halogenated alkanes) is 4. The molecular weight excluding hydrogens is 146 g/mol. The minimum atomic E-state index is 1.19. The van der Waals surface area contributed by atoms with Gasteiger partial charge in [-0.3, -0.25) is 0 Å². The molecule has 1 heteroatoms. The molecule has 0 aliphatic rings. The SMILES string of the molecule is C=CN(C)C=CCCCCCC. The summed E-state index contributed by atoms with van der Waals surface area (Å²) in [5.41, 5.74) is 0. The molecule has 0 aromatic heterocycles. The second-order valence-corrected chi connectivity index (χ2v) is 3.08. The Morgan fingerprint density at radius 2 is 2.00 bits per heavy atom. The zero-order valence-electron chi connectivity index (χ0n) is 8.42. The van der Waals surface area contributed by atoms with Gasteiger partial charge in [-0.2, -0.15) is 0 Å². The fourth-order valence-electron chi connectivity index (χ4n) is 0.991. The minimum Gasteiger partial charge on any atom is -0.358 e. The lowest BCUT2D eigenvalue weighted by atomic mass is 10.1. The summed E-state index contributed by atoms with van der Waals surface area (Å²) < 4.78 is 0. The highest BCUT2D eigenvalue weighted by Crippen LogP contribution is 2.02. The van der Waals surface area contributed by atoms with E-state index in [9.17, 15) is 0 Å². The molecule has 0 saturated heterocycles. The molecule has 0 heterocycles. The van der Waals surface area contributed by atoms with Crippen LogP contribution in [0, 0.1) is 0 Å². The van der Waals surface area contributed by atoms with Gasteiger partial charge in [0.15, 0.2) is 0 Å². The smallest absolute Gasteiger partial charge is 0.0106 e. The Hall–Kier alpha value is -0.720. The van der Waals surface area contributed by atoms with E-state index in [1.807, 2.05) is 18.1 Å². The maximum absolute atomic E-state index is 3.66. The van der Waals surface area contributed by atoms with E-state index in [4.69, 9.17) is 0 Å². The van der Waals surface area contributed by atoms with Crippen molar-refractivity contribution in [3.05, 3.63) is 25.1 Å². The summed E-state index contributed by atoms with van der Waals surface area (Å²) in [4.78, 5) is 1.97. The number of allylic oxidation sites excluding steroid dienone is 1. The summed E-state index contributed by atoms with van der Waals surface area (Å²) in [5.74, 6) is 0. The van der Waals surface area contributed by atoms with E-state index < -0.39 is 0 Å². The Kier molecular flexibility index (Phi) is 7.87. The van der Waals surface area contributed by atoms with Crippen molar-refractivity contribution in [2.75, 3.05) is 7.05 Å². The van der Waals surface area contributed by atoms with Gasteiger partial charge in [0, 0.05) is 7.05 Å². The second kappa shape index (κ2) is 8.38. The van der Waals surface area contributed by atoms with E-state index in [0.29, 0.717) is 0 Å². The van der Waals surface area contributed by atoms with Crippen molar-refractivity contribution < 1.29 is 0 Å². The molecule has 12 heavy (non-hydrogen) atoms. The van der Waals surface area contributed by atoms with Crippen LogP contribution in [-0.4, -0.2) is 11.9 Å². The molecule has 0 atom stereocenters. The van der Waals surface area contributed by atoms with Crippen LogP contribution in [0.4, 0.5) is 0 Å². The Morgan fingerprint density at radius 1 is 1.25 bits per heavy atom. The fourth-order valence-corrected chi connectivity index (χ4v) is 0.991. The lowest BCUT2D eigenvalue weighted by Crippen LogP contribution is -1.97. The maximum Gasteiger partial charge on any atom is 0.0106 e. The molecule has 0 aromatic rings. The normalized spacial score (nSPS) is 10.5. The lowest BCUT2D eigenvalue weighted by Gasteiger charge is -2.04. The first kappa shape index (κ1) is 11.3. The summed E-state index contributed by atoms with van der Waals surface area (Å²) in [7, 11) is 2.00. The highest BCUT2D eigenvalue weighted by Gasteiger charge is 1.84. The molecule has 0 fully saturated rings. The van der Waals surface area contributed by atoms with Crippen LogP contribution < -0.4 is 0 Å². The van der Waals surface area contributed by atoms with Crippen molar-refractivity contribution in [3.63, 3.8) is 0 Å². The molecule has 0 spiro atoms. The fraction of sp³-hybridized carbons (Fsp3) is 0.636. The average Bonchev–Trinajstić information content (AvgIpc) is 2.10. The van der Waals surface area contributed by atoms with E-state index in [0.717, 1.165) is 0 Å². The van der Waals surface area contributed by atoms with Crippen LogP contribution in [0.15, 0.2) is 25.1 Å². The molecular formula is C11H21N. The number of rotatable bonds is 7. The average molecular weight is 167 g/mol. The van der Waals surface area contributed by atoms with Gasteiger partial charge in [0.05, 0.1) is 0 Å². The van der Waals surface area contributed by atoms with Crippen LogP contribution in [0.1, 0.15) is 39.0 Å². The predicted molar refractivity (Wildman–Crippen MR) is 55.9 cm³/mol. The van der Waals surface area contributed by atoms with E-state index in [1.165, 1.54) is 32.1 Å². The van der Waals surface area contributed by atoms with E-state index in [1.54, 1.807) is 0 Å². The molecule has 0 radical (unpaired) electrons. The van der Waals surface area contributed by atoms with Crippen LogP contribution in [-0.2, 0) is 0 Å². The van der Waals surface area contributed by atoms with Gasteiger partial charge in [-0.15, -0.1) is 0 Å². The van der Waals surface area contributed by atoms with Crippen molar-refractivity contribution in [2.45, 2.75) is 39.0 Å². The van der Waals surface area contributed by atoms with Crippen LogP contribution >= 0.6 is 0 Å². The Labute approximate surface area is 76.8 Å². The zero-order valence-corrected chi connectivity index (χ0v) is 8.42. The lowest BCUT2D eigenvalue weighted by molar-refractivity contribution is 0.618. The Balaban J connectivity index is 3.18. The Bertz CT molecular complexity index is 127. The molecule has 0 aliphatic carbocycles. The third kappa shape index (κ3) is 7.39. The van der Waals surface area contributed by atoms with Gasteiger partial charge in [0.2, 0.25) is 0 Å². The van der Waals surface area contributed by atoms with Gasteiger partial charge in [-0.1, -0.05) is 38.8 Å². The molecule has 0 bridgehead atoms. The number of hydrogen-bond acceptors (Lipinski definition) is 1. The second-order valence-electron chi connectivity index (χ2n) is 3.08. The molecule has 0 rings (SSSR count). The predicted octanol–water partition coefficient (Wildman–Crippen LogP) is 3.55. The van der Waals surface area contributed by atoms with Gasteiger partial charge in [-0.25, -0.2) is 0 Å². The first-order valence-electron chi connectivity index (χ1n) is 4.82. The minimum absolute atomic E-state index is 1.19. The molecule has 0 saturated carbocycles. The highest BCUT2D eigenvalue weighted by atomic mass is 15.0. The van der Waals surface area contributed by atoms with Gasteiger partial charge in [-0.05, 0) is 25.2 Å². The molecule has 1 nitrogen and oxygen atoms in total. The standard InChI is InChI=1S/C11H21N/c1-4-6-7-8-9-10-11-12(3)5-2/h5,10-11H,2,4,6-9H2,1,3H3. The van der Waals surface area contributed by atoms with Crippen molar-refractivity contribution >= 4 is 0 Å². The van der Waals surface area contributed by atoms with Crippen molar-refractivity contribution in [1.82, 2.24) is 4.90 Å². The van der Waals surface area contributed by atoms with Crippen LogP contribution in [0.3, 0.4) is 0 Å². The molecule has 0 amide bonds. The zero-order chi connectivity index (χ0) is 9.23. The van der Waals surface area contributed by atoms with Gasteiger partial charge >= 0.3 is 0 Å². The third-order valence-electron chi connectivity index (χ3n) is 1.85. The molecule has 70 valence electrons. The van der Waals surface area contributed by atoms with E-state index >= 15 is 0 Å². The van der Waals surface area contributed by atoms with E-state index in [2.05, 4.69) is 25.8 Å². The van der Waals surface area contributed by atoms with Gasteiger partial charge < -0.3 is 4.90 Å². The maximum atomic E-state index is 3.66. The summed E-state index contributed by atoms with van der Waals surface area (Å²) in [6, 6.07) is 0. The first-order valence-corrected chi connectivity index (χ1v) is 4.82.